The zero-order valence-electron chi connectivity index (χ0n) is 14.0. The maximum atomic E-state index is 8.36. The van der Waals surface area contributed by atoms with Crippen molar-refractivity contribution in [2.45, 2.75) is 33.4 Å². The van der Waals surface area contributed by atoms with E-state index in [-0.39, 0.29) is 6.47 Å². The van der Waals surface area contributed by atoms with Crippen molar-refractivity contribution in [3.05, 3.63) is 23.8 Å². The first kappa shape index (κ1) is 18.6. The van der Waals surface area contributed by atoms with Crippen LogP contribution in [0.1, 0.15) is 18.3 Å². The fourth-order valence-corrected chi connectivity index (χ4v) is 2.13. The summed E-state index contributed by atoms with van der Waals surface area (Å²) in [6.07, 6.45) is 1.54. The highest BCUT2D eigenvalue weighted by molar-refractivity contribution is 5.32. The molecule has 1 atom stereocenters. The molecule has 0 aliphatic carbocycles. The van der Waals surface area contributed by atoms with E-state index in [1.807, 2.05) is 18.7 Å². The van der Waals surface area contributed by atoms with Gasteiger partial charge in [0.1, 0.15) is 6.33 Å². The average molecular weight is 323 g/mol. The van der Waals surface area contributed by atoms with Gasteiger partial charge in [0.15, 0.2) is 0 Å². The fourth-order valence-electron chi connectivity index (χ4n) is 2.13. The molecule has 9 heteroatoms. The van der Waals surface area contributed by atoms with Crippen molar-refractivity contribution in [2.75, 3.05) is 18.4 Å². The SMILES string of the molecule is Cc1cc(C)n(CC(C)NCCNc2ncnn2C)n1.O=CO. The van der Waals surface area contributed by atoms with Gasteiger partial charge < -0.3 is 15.7 Å². The van der Waals surface area contributed by atoms with E-state index in [9.17, 15) is 0 Å². The zero-order valence-corrected chi connectivity index (χ0v) is 14.0. The van der Waals surface area contributed by atoms with Gasteiger partial charge in [0.2, 0.25) is 5.95 Å². The molecule has 0 saturated heterocycles. The van der Waals surface area contributed by atoms with Gasteiger partial charge in [0, 0.05) is 31.9 Å². The van der Waals surface area contributed by atoms with Crippen molar-refractivity contribution >= 4 is 12.4 Å². The molecule has 2 rings (SSSR count). The predicted octanol–water partition coefficient (Wildman–Crippen LogP) is 0.419. The van der Waals surface area contributed by atoms with Crippen LogP contribution in [0.25, 0.3) is 0 Å². The highest BCUT2D eigenvalue weighted by Crippen LogP contribution is 2.02. The Labute approximate surface area is 135 Å². The number of anilines is 1. The minimum absolute atomic E-state index is 0.250. The molecule has 0 aliphatic rings. The molecule has 0 amide bonds. The second kappa shape index (κ2) is 9.57. The van der Waals surface area contributed by atoms with Crippen molar-refractivity contribution in [3.8, 4) is 0 Å². The minimum atomic E-state index is -0.250. The van der Waals surface area contributed by atoms with Gasteiger partial charge >= 0.3 is 0 Å². The van der Waals surface area contributed by atoms with Gasteiger partial charge in [0.25, 0.3) is 6.47 Å². The highest BCUT2D eigenvalue weighted by atomic mass is 16.3. The van der Waals surface area contributed by atoms with E-state index in [1.165, 1.54) is 5.69 Å². The Morgan fingerprint density at radius 2 is 2.09 bits per heavy atom. The largest absolute Gasteiger partial charge is 0.483 e. The standard InChI is InChI=1S/C13H23N7.CH2O2/c1-10-7-12(3)20(18-10)8-11(2)14-5-6-15-13-16-9-17-19(13)4;2-1-3/h7,9,11,14H,5-6,8H2,1-4H3,(H,15,16,17);1H,(H,2,3). The van der Waals surface area contributed by atoms with Crippen LogP contribution in [0.2, 0.25) is 0 Å². The third-order valence-corrected chi connectivity index (χ3v) is 3.16. The van der Waals surface area contributed by atoms with E-state index in [1.54, 1.807) is 11.0 Å². The van der Waals surface area contributed by atoms with E-state index in [4.69, 9.17) is 9.90 Å². The maximum absolute atomic E-state index is 8.36. The highest BCUT2D eigenvalue weighted by Gasteiger charge is 2.06. The molecule has 1 unspecified atom stereocenters. The molecule has 2 aromatic rings. The van der Waals surface area contributed by atoms with Crippen LogP contribution >= 0.6 is 0 Å². The lowest BCUT2D eigenvalue weighted by Crippen LogP contribution is -2.34. The quantitative estimate of drug-likeness (QED) is 0.500. The summed E-state index contributed by atoms with van der Waals surface area (Å²) in [5.74, 6) is 0.790. The lowest BCUT2D eigenvalue weighted by Gasteiger charge is -2.15. The normalized spacial score (nSPS) is 11.5. The number of aromatic nitrogens is 5. The number of rotatable bonds is 7. The molecule has 2 aromatic heterocycles. The van der Waals surface area contributed by atoms with Crippen LogP contribution in [0, 0.1) is 13.8 Å². The van der Waals surface area contributed by atoms with Crippen LogP contribution in [-0.2, 0) is 18.4 Å². The van der Waals surface area contributed by atoms with Gasteiger partial charge in [-0.3, -0.25) is 9.48 Å². The molecule has 128 valence electrons. The number of nitrogens with one attached hydrogen (secondary N) is 2. The zero-order chi connectivity index (χ0) is 17.2. The molecule has 0 aromatic carbocycles. The molecule has 3 N–H and O–H groups in total. The van der Waals surface area contributed by atoms with Gasteiger partial charge in [0.05, 0.1) is 12.2 Å². The fraction of sp³-hybridized carbons (Fsp3) is 0.571. The maximum Gasteiger partial charge on any atom is 0.290 e. The molecule has 2 heterocycles. The Hall–Kier alpha value is -2.42. The Kier molecular flexibility index (Phi) is 7.75. The van der Waals surface area contributed by atoms with E-state index in [0.717, 1.165) is 31.3 Å². The van der Waals surface area contributed by atoms with Gasteiger partial charge in [-0.15, -0.1) is 0 Å². The first-order chi connectivity index (χ1) is 11.0. The molecule has 0 spiro atoms. The smallest absolute Gasteiger partial charge is 0.290 e. The van der Waals surface area contributed by atoms with E-state index < -0.39 is 0 Å². The van der Waals surface area contributed by atoms with Gasteiger partial charge in [-0.2, -0.15) is 15.2 Å². The van der Waals surface area contributed by atoms with Crippen molar-refractivity contribution in [1.82, 2.24) is 29.9 Å². The summed E-state index contributed by atoms with van der Waals surface area (Å²) in [6, 6.07) is 2.47. The van der Waals surface area contributed by atoms with Crippen molar-refractivity contribution in [2.24, 2.45) is 7.05 Å². The second-order valence-corrected chi connectivity index (χ2v) is 5.20. The lowest BCUT2D eigenvalue weighted by molar-refractivity contribution is -0.122. The number of carboxylic acid groups (broad SMARTS) is 1. The topological polar surface area (TPSA) is 110 Å². The summed E-state index contributed by atoms with van der Waals surface area (Å²) in [7, 11) is 1.87. The summed E-state index contributed by atoms with van der Waals surface area (Å²) in [5, 5.41) is 22.1. The first-order valence-corrected chi connectivity index (χ1v) is 7.38. The van der Waals surface area contributed by atoms with Gasteiger partial charge in [-0.25, -0.2) is 4.68 Å². The average Bonchev–Trinajstić information content (AvgIpc) is 3.02. The number of nitrogens with zero attached hydrogens (tertiary/aromatic N) is 5. The van der Waals surface area contributed by atoms with Crippen LogP contribution in [-0.4, -0.2) is 55.3 Å². The van der Waals surface area contributed by atoms with Crippen LogP contribution in [0.15, 0.2) is 12.4 Å². The van der Waals surface area contributed by atoms with Gasteiger partial charge in [-0.05, 0) is 26.8 Å². The van der Waals surface area contributed by atoms with Crippen LogP contribution in [0.4, 0.5) is 5.95 Å². The third-order valence-electron chi connectivity index (χ3n) is 3.16. The molecule has 0 radical (unpaired) electrons. The number of hydrogen-bond acceptors (Lipinski definition) is 6. The molecule has 9 nitrogen and oxygen atoms in total. The van der Waals surface area contributed by atoms with Crippen LogP contribution < -0.4 is 10.6 Å². The summed E-state index contributed by atoms with van der Waals surface area (Å²) in [4.78, 5) is 12.5. The molecule has 0 bridgehead atoms. The van der Waals surface area contributed by atoms with E-state index >= 15 is 0 Å². The van der Waals surface area contributed by atoms with E-state index in [0.29, 0.717) is 6.04 Å². The molecular weight excluding hydrogens is 298 g/mol. The Balaban J connectivity index is 0.000000816. The van der Waals surface area contributed by atoms with Crippen LogP contribution in [0.5, 0.6) is 0 Å². The van der Waals surface area contributed by atoms with Crippen molar-refractivity contribution in [1.29, 1.82) is 0 Å². The Morgan fingerprint density at radius 1 is 1.39 bits per heavy atom. The summed E-state index contributed by atoms with van der Waals surface area (Å²) >= 11 is 0. The van der Waals surface area contributed by atoms with Crippen molar-refractivity contribution < 1.29 is 9.90 Å². The molecule has 0 saturated carbocycles. The second-order valence-electron chi connectivity index (χ2n) is 5.20. The minimum Gasteiger partial charge on any atom is -0.483 e. The summed E-state index contributed by atoms with van der Waals surface area (Å²) in [5.41, 5.74) is 2.27. The third kappa shape index (κ3) is 6.47. The number of aryl methyl sites for hydroxylation is 3. The predicted molar refractivity (Wildman–Crippen MR) is 87.4 cm³/mol. The monoisotopic (exact) mass is 323 g/mol. The lowest BCUT2D eigenvalue weighted by atomic mass is 10.3. The number of carbonyl (C=O) groups is 1. The summed E-state index contributed by atoms with van der Waals surface area (Å²) in [6.45, 7) is 8.58. The Morgan fingerprint density at radius 3 is 2.61 bits per heavy atom. The molecule has 23 heavy (non-hydrogen) atoms. The summed E-state index contributed by atoms with van der Waals surface area (Å²) < 4.78 is 3.77. The van der Waals surface area contributed by atoms with E-state index in [2.05, 4.69) is 45.7 Å². The van der Waals surface area contributed by atoms with Crippen LogP contribution in [0.3, 0.4) is 0 Å². The molecule has 0 aliphatic heterocycles. The van der Waals surface area contributed by atoms with Crippen molar-refractivity contribution in [3.63, 3.8) is 0 Å². The van der Waals surface area contributed by atoms with Gasteiger partial charge in [-0.1, -0.05) is 0 Å². The Bertz CT molecular complexity index is 594. The molecule has 0 fully saturated rings. The number of hydrogen-bond donors (Lipinski definition) is 3. The first-order valence-electron chi connectivity index (χ1n) is 7.38. The molecular formula is C14H25N7O2.